The third-order valence-electron chi connectivity index (χ3n) is 13.4. The van der Waals surface area contributed by atoms with E-state index >= 15 is 0 Å². The summed E-state index contributed by atoms with van der Waals surface area (Å²) >= 11 is 0. The van der Waals surface area contributed by atoms with Gasteiger partial charge in [-0.05, 0) is 6.42 Å². The molecule has 0 rings (SSSR count). The summed E-state index contributed by atoms with van der Waals surface area (Å²) in [6.45, 7) is 29.9. The molecule has 0 bridgehead atoms. The van der Waals surface area contributed by atoms with E-state index in [4.69, 9.17) is 133 Å². The zero-order valence-electron chi connectivity index (χ0n) is 62.1. The van der Waals surface area contributed by atoms with Crippen LogP contribution in [0.3, 0.4) is 0 Å². The summed E-state index contributed by atoms with van der Waals surface area (Å²) in [6.07, 6.45) is 13.6. The minimum Gasteiger partial charge on any atom is -0.469 e. The van der Waals surface area contributed by atoms with Gasteiger partial charge < -0.3 is 137 Å². The standard InChI is InChI=1S/C70H140O30/c1-3-4-5-6-7-8-9-10-11-12-14-73-16-18-75-20-22-77-24-26-79-28-30-81-32-34-83-36-38-85-40-42-87-44-46-89-48-50-91-52-54-93-56-58-95-60-62-97-64-66-99-68-69-100-67-65-98-63-61-96-59-57-94-55-53-92-51-49-90-47-45-88-43-41-86-39-37-84-35-33-82-31-29-80-27-25-78-23-21-76-19-17-74-15-13-70(71)72-2/h3-69H2,1-2H3. The fourth-order valence-corrected chi connectivity index (χ4v) is 7.99. The predicted molar refractivity (Wildman–Crippen MR) is 371 cm³/mol. The van der Waals surface area contributed by atoms with Crippen molar-refractivity contribution < 1.29 is 142 Å². The van der Waals surface area contributed by atoms with Gasteiger partial charge in [-0.25, -0.2) is 0 Å². The molecule has 30 nitrogen and oxygen atoms in total. The molecule has 100 heavy (non-hydrogen) atoms. The first kappa shape index (κ1) is 98.3. The molecule has 0 heterocycles. The molecule has 0 spiro atoms. The lowest BCUT2D eigenvalue weighted by Gasteiger charge is -2.09. The van der Waals surface area contributed by atoms with E-state index in [0.29, 0.717) is 363 Å². The van der Waals surface area contributed by atoms with E-state index in [1.807, 2.05) is 0 Å². The molecule has 0 atom stereocenters. The second-order valence-electron chi connectivity index (χ2n) is 21.7. The monoisotopic (exact) mass is 1460 g/mol. The SMILES string of the molecule is CCCCCCCCCCCCOCCOCCOCCOCCOCCOCCOCCOCCOCCOCCOCCOCCOCCOCCOCCOCCOCCOCCOCCOCCOCCOCCOCCOCCOCCOCCOCCOCCC(=O)OC. The molecule has 0 aromatic rings. The highest BCUT2D eigenvalue weighted by atomic mass is 16.6. The number of rotatable bonds is 95. The van der Waals surface area contributed by atoms with Crippen LogP contribution < -0.4 is 0 Å². The Morgan fingerprint density at radius 3 is 0.390 bits per heavy atom. The molecular weight excluding hydrogens is 1320 g/mol. The van der Waals surface area contributed by atoms with Crippen LogP contribution in [0.25, 0.3) is 0 Å². The molecule has 0 aromatic carbocycles. The summed E-state index contributed by atoms with van der Waals surface area (Å²) in [5.41, 5.74) is 0. The third kappa shape index (κ3) is 94.4. The fraction of sp³-hybridized carbons (Fsp3) is 0.986. The smallest absolute Gasteiger partial charge is 0.307 e. The number of esters is 1. The van der Waals surface area contributed by atoms with E-state index in [-0.39, 0.29) is 12.4 Å². The molecule has 600 valence electrons. The van der Waals surface area contributed by atoms with Crippen molar-refractivity contribution >= 4 is 5.97 Å². The summed E-state index contributed by atoms with van der Waals surface area (Å²) in [6, 6.07) is 0. The zero-order chi connectivity index (χ0) is 71.5. The van der Waals surface area contributed by atoms with E-state index in [1.54, 1.807) is 0 Å². The highest BCUT2D eigenvalue weighted by Crippen LogP contribution is 2.10. The number of methoxy groups -OCH3 is 1. The molecular formula is C70H140O30. The number of ether oxygens (including phenoxy) is 29. The lowest BCUT2D eigenvalue weighted by atomic mass is 10.1. The number of unbranched alkanes of at least 4 members (excludes halogenated alkanes) is 9. The van der Waals surface area contributed by atoms with Gasteiger partial charge >= 0.3 is 5.97 Å². The molecule has 0 aliphatic carbocycles. The first-order chi connectivity index (χ1) is 49.8. The maximum Gasteiger partial charge on any atom is 0.307 e. The highest BCUT2D eigenvalue weighted by molar-refractivity contribution is 5.69. The fourth-order valence-electron chi connectivity index (χ4n) is 7.99. The summed E-state index contributed by atoms with van der Waals surface area (Å²) < 4.78 is 159. The lowest BCUT2D eigenvalue weighted by molar-refractivity contribution is -0.142. The van der Waals surface area contributed by atoms with Gasteiger partial charge in [0.1, 0.15) is 0 Å². The zero-order valence-corrected chi connectivity index (χ0v) is 62.1. The second-order valence-corrected chi connectivity index (χ2v) is 21.7. The number of hydrogen-bond acceptors (Lipinski definition) is 30. The first-order valence-electron chi connectivity index (χ1n) is 37.0. The Kier molecular flexibility index (Phi) is 93.8. The van der Waals surface area contributed by atoms with Gasteiger partial charge in [0.25, 0.3) is 0 Å². The van der Waals surface area contributed by atoms with Crippen molar-refractivity contribution in [1.82, 2.24) is 0 Å². The molecule has 0 aliphatic rings. The Morgan fingerprint density at radius 2 is 0.260 bits per heavy atom. The van der Waals surface area contributed by atoms with Gasteiger partial charge in [-0.15, -0.1) is 0 Å². The van der Waals surface area contributed by atoms with Crippen LogP contribution in [0, 0.1) is 0 Å². The number of carbonyl (C=O) groups excluding carboxylic acids is 1. The van der Waals surface area contributed by atoms with E-state index in [0.717, 1.165) is 13.0 Å². The normalized spacial score (nSPS) is 11.7. The molecule has 0 unspecified atom stereocenters. The van der Waals surface area contributed by atoms with Crippen LogP contribution in [0.2, 0.25) is 0 Å². The van der Waals surface area contributed by atoms with Gasteiger partial charge in [0, 0.05) is 6.61 Å². The summed E-state index contributed by atoms with van der Waals surface area (Å²) in [5.74, 6) is -0.292. The maximum atomic E-state index is 11.0. The average Bonchev–Trinajstić information content (AvgIpc) is 3.69. The molecule has 0 aliphatic heterocycles. The van der Waals surface area contributed by atoms with Crippen molar-refractivity contribution in [2.45, 2.75) is 77.6 Å². The largest absolute Gasteiger partial charge is 0.469 e. The Labute approximate surface area is 600 Å². The Hall–Kier alpha value is -1.65. The molecule has 0 radical (unpaired) electrons. The number of hydrogen-bond donors (Lipinski definition) is 0. The average molecular weight is 1460 g/mol. The molecule has 30 heteroatoms. The van der Waals surface area contributed by atoms with Gasteiger partial charge in [-0.1, -0.05) is 64.7 Å². The molecule has 0 saturated carbocycles. The Morgan fingerprint density at radius 1 is 0.150 bits per heavy atom. The quantitative estimate of drug-likeness (QED) is 0.0576. The first-order valence-corrected chi connectivity index (χ1v) is 37.0. The van der Waals surface area contributed by atoms with Crippen molar-refractivity contribution in [2.75, 3.05) is 377 Å². The maximum absolute atomic E-state index is 11.0. The van der Waals surface area contributed by atoms with Crippen LogP contribution in [0.15, 0.2) is 0 Å². The van der Waals surface area contributed by atoms with E-state index in [9.17, 15) is 4.79 Å². The van der Waals surface area contributed by atoms with E-state index in [2.05, 4.69) is 11.7 Å². The van der Waals surface area contributed by atoms with Crippen molar-refractivity contribution in [3.8, 4) is 0 Å². The molecule has 0 aromatic heterocycles. The van der Waals surface area contributed by atoms with Gasteiger partial charge in [0.15, 0.2) is 0 Å². The van der Waals surface area contributed by atoms with Crippen LogP contribution in [0.4, 0.5) is 0 Å². The van der Waals surface area contributed by atoms with Gasteiger partial charge in [-0.2, -0.15) is 0 Å². The van der Waals surface area contributed by atoms with Crippen molar-refractivity contribution in [1.29, 1.82) is 0 Å². The van der Waals surface area contributed by atoms with Gasteiger partial charge in [-0.3, -0.25) is 4.79 Å². The Balaban J connectivity index is 3.09. The minimum atomic E-state index is -0.292. The van der Waals surface area contributed by atoms with Gasteiger partial charge in [0.2, 0.25) is 0 Å². The second kappa shape index (κ2) is 95.4. The molecule has 0 saturated heterocycles. The van der Waals surface area contributed by atoms with Crippen LogP contribution >= 0.6 is 0 Å². The van der Waals surface area contributed by atoms with Crippen LogP contribution in [-0.4, -0.2) is 383 Å². The number of carbonyl (C=O) groups is 1. The van der Waals surface area contributed by atoms with Gasteiger partial charge in [0.05, 0.1) is 377 Å². The predicted octanol–water partition coefficient (Wildman–Crippen LogP) is 4.94. The molecule has 0 N–H and O–H groups in total. The molecule has 0 amide bonds. The van der Waals surface area contributed by atoms with Crippen LogP contribution in [0.1, 0.15) is 77.6 Å². The van der Waals surface area contributed by atoms with Crippen molar-refractivity contribution in [2.24, 2.45) is 0 Å². The van der Waals surface area contributed by atoms with Crippen molar-refractivity contribution in [3.05, 3.63) is 0 Å². The van der Waals surface area contributed by atoms with E-state index < -0.39 is 0 Å². The minimum absolute atomic E-state index is 0.236. The third-order valence-corrected chi connectivity index (χ3v) is 13.4. The van der Waals surface area contributed by atoms with Crippen molar-refractivity contribution in [3.63, 3.8) is 0 Å². The Bertz CT molecular complexity index is 1450. The summed E-state index contributed by atoms with van der Waals surface area (Å²) in [5, 5.41) is 0. The van der Waals surface area contributed by atoms with Crippen LogP contribution in [0.5, 0.6) is 0 Å². The summed E-state index contributed by atoms with van der Waals surface area (Å²) in [4.78, 5) is 11.0. The highest BCUT2D eigenvalue weighted by Gasteiger charge is 2.04. The topological polar surface area (TPSA) is 285 Å². The molecule has 0 fully saturated rings. The lowest BCUT2D eigenvalue weighted by Crippen LogP contribution is -2.16. The summed E-state index contributed by atoms with van der Waals surface area (Å²) in [7, 11) is 1.35. The van der Waals surface area contributed by atoms with Crippen LogP contribution in [-0.2, 0) is 142 Å². The van der Waals surface area contributed by atoms with E-state index in [1.165, 1.54) is 64.9 Å².